The van der Waals surface area contributed by atoms with E-state index < -0.39 is 29.7 Å². The topological polar surface area (TPSA) is 55.4 Å². The summed E-state index contributed by atoms with van der Waals surface area (Å²) < 4.78 is 42.8. The Labute approximate surface area is 144 Å². The van der Waals surface area contributed by atoms with Crippen molar-refractivity contribution in [3.8, 4) is 0 Å². The molecule has 0 saturated carbocycles. The van der Waals surface area contributed by atoms with Gasteiger partial charge in [-0.1, -0.05) is 11.6 Å². The summed E-state index contributed by atoms with van der Waals surface area (Å²) in [6, 6.07) is 6.92. The summed E-state index contributed by atoms with van der Waals surface area (Å²) in [7, 11) is 0. The number of thiophene rings is 1. The zero-order valence-corrected chi connectivity index (χ0v) is 13.8. The van der Waals surface area contributed by atoms with E-state index >= 15 is 0 Å². The fourth-order valence-corrected chi connectivity index (χ4v) is 2.61. The van der Waals surface area contributed by atoms with Gasteiger partial charge in [0.05, 0.1) is 9.90 Å². The molecule has 1 amide bonds. The molecule has 2 aromatic rings. The third-order valence-electron chi connectivity index (χ3n) is 2.91. The number of anilines is 1. The number of esters is 1. The Morgan fingerprint density at radius 1 is 1.17 bits per heavy atom. The molecular weight excluding hydrogens is 367 g/mol. The average molecular weight is 378 g/mol. The standard InChI is InChI=1S/C15H11ClF3NO3S/c1-8(23-14(22)11-6-7-12(16)24-11)13(21)20-10-4-2-9(3-5-10)15(17,18)19/h2-8H,1H3,(H,20,21)/t8-/m1/s1. The van der Waals surface area contributed by atoms with E-state index in [9.17, 15) is 22.8 Å². The van der Waals surface area contributed by atoms with Crippen LogP contribution in [-0.4, -0.2) is 18.0 Å². The molecule has 1 heterocycles. The van der Waals surface area contributed by atoms with Crippen LogP contribution in [0.15, 0.2) is 36.4 Å². The lowest BCUT2D eigenvalue weighted by Gasteiger charge is -2.13. The first kappa shape index (κ1) is 18.3. The van der Waals surface area contributed by atoms with Crippen molar-refractivity contribution >= 4 is 40.5 Å². The molecule has 1 atom stereocenters. The van der Waals surface area contributed by atoms with Gasteiger partial charge in [0.1, 0.15) is 4.88 Å². The van der Waals surface area contributed by atoms with Gasteiger partial charge in [-0.25, -0.2) is 4.79 Å². The molecule has 1 aromatic carbocycles. The highest BCUT2D eigenvalue weighted by atomic mass is 35.5. The first-order valence-corrected chi connectivity index (χ1v) is 7.80. The molecule has 0 spiro atoms. The maximum atomic E-state index is 12.5. The summed E-state index contributed by atoms with van der Waals surface area (Å²) in [4.78, 5) is 24.0. The van der Waals surface area contributed by atoms with E-state index in [0.29, 0.717) is 4.34 Å². The number of nitrogens with one attached hydrogen (secondary N) is 1. The molecule has 0 radical (unpaired) electrons. The van der Waals surface area contributed by atoms with Gasteiger partial charge in [-0.3, -0.25) is 4.79 Å². The minimum absolute atomic E-state index is 0.162. The van der Waals surface area contributed by atoms with Crippen molar-refractivity contribution in [3.05, 3.63) is 51.2 Å². The van der Waals surface area contributed by atoms with Crippen LogP contribution in [0.2, 0.25) is 4.34 Å². The van der Waals surface area contributed by atoms with E-state index in [2.05, 4.69) is 5.32 Å². The Morgan fingerprint density at radius 2 is 1.79 bits per heavy atom. The number of benzene rings is 1. The number of rotatable bonds is 4. The number of hydrogen-bond acceptors (Lipinski definition) is 4. The molecule has 0 aliphatic rings. The number of hydrogen-bond donors (Lipinski definition) is 1. The maximum Gasteiger partial charge on any atom is 0.416 e. The quantitative estimate of drug-likeness (QED) is 0.792. The average Bonchev–Trinajstić information content (AvgIpc) is 2.93. The first-order valence-electron chi connectivity index (χ1n) is 6.61. The predicted molar refractivity (Wildman–Crippen MR) is 84.3 cm³/mol. The fourth-order valence-electron chi connectivity index (χ4n) is 1.68. The van der Waals surface area contributed by atoms with Crippen molar-refractivity contribution in [1.29, 1.82) is 0 Å². The Morgan fingerprint density at radius 3 is 2.29 bits per heavy atom. The normalized spacial score (nSPS) is 12.5. The highest BCUT2D eigenvalue weighted by molar-refractivity contribution is 7.17. The smallest absolute Gasteiger partial charge is 0.416 e. The number of halogens is 4. The number of carbonyl (C=O) groups is 2. The second-order valence-electron chi connectivity index (χ2n) is 4.72. The van der Waals surface area contributed by atoms with Crippen LogP contribution in [0, 0.1) is 0 Å². The Balaban J connectivity index is 1.95. The fraction of sp³-hybridized carbons (Fsp3) is 0.200. The van der Waals surface area contributed by atoms with Crippen LogP contribution in [0.4, 0.5) is 18.9 Å². The van der Waals surface area contributed by atoms with E-state index in [1.54, 1.807) is 0 Å². The number of ether oxygens (including phenoxy) is 1. The van der Waals surface area contributed by atoms with Crippen LogP contribution in [-0.2, 0) is 15.7 Å². The van der Waals surface area contributed by atoms with Gasteiger partial charge in [-0.05, 0) is 43.3 Å². The largest absolute Gasteiger partial charge is 0.448 e. The molecule has 1 N–H and O–H groups in total. The minimum atomic E-state index is -4.45. The second kappa shape index (κ2) is 7.23. The second-order valence-corrected chi connectivity index (χ2v) is 6.43. The Bertz CT molecular complexity index is 743. The molecular formula is C15H11ClF3NO3S. The van der Waals surface area contributed by atoms with Gasteiger partial charge >= 0.3 is 12.1 Å². The van der Waals surface area contributed by atoms with Crippen LogP contribution in [0.5, 0.6) is 0 Å². The summed E-state index contributed by atoms with van der Waals surface area (Å²) >= 11 is 6.72. The third-order valence-corrected chi connectivity index (χ3v) is 4.12. The Kier molecular flexibility index (Phi) is 5.51. The van der Waals surface area contributed by atoms with Gasteiger partial charge in [0.15, 0.2) is 6.10 Å². The van der Waals surface area contributed by atoms with Crippen molar-refractivity contribution < 1.29 is 27.5 Å². The van der Waals surface area contributed by atoms with Crippen molar-refractivity contribution in [2.24, 2.45) is 0 Å². The Hall–Kier alpha value is -2.06. The summed E-state index contributed by atoms with van der Waals surface area (Å²) in [6.45, 7) is 1.35. The molecule has 2 rings (SSSR count). The zero-order valence-electron chi connectivity index (χ0n) is 12.2. The number of carbonyl (C=O) groups excluding carboxylic acids is 2. The zero-order chi connectivity index (χ0) is 17.9. The molecule has 24 heavy (non-hydrogen) atoms. The van der Waals surface area contributed by atoms with Crippen LogP contribution >= 0.6 is 22.9 Å². The van der Waals surface area contributed by atoms with E-state index in [1.807, 2.05) is 0 Å². The van der Waals surface area contributed by atoms with Gasteiger partial charge in [0, 0.05) is 5.69 Å². The summed E-state index contributed by atoms with van der Waals surface area (Å²) in [5, 5.41) is 2.38. The van der Waals surface area contributed by atoms with E-state index in [0.717, 1.165) is 35.6 Å². The van der Waals surface area contributed by atoms with Crippen molar-refractivity contribution in [1.82, 2.24) is 0 Å². The molecule has 0 bridgehead atoms. The summed E-state index contributed by atoms with van der Waals surface area (Å²) in [5.41, 5.74) is -0.662. The molecule has 0 saturated heterocycles. The van der Waals surface area contributed by atoms with Crippen LogP contribution < -0.4 is 5.32 Å². The summed E-state index contributed by atoms with van der Waals surface area (Å²) in [6.07, 6.45) is -5.58. The molecule has 0 aliphatic heterocycles. The molecule has 1 aromatic heterocycles. The van der Waals surface area contributed by atoms with E-state index in [1.165, 1.54) is 19.1 Å². The van der Waals surface area contributed by atoms with Crippen LogP contribution in [0.25, 0.3) is 0 Å². The molecule has 128 valence electrons. The van der Waals surface area contributed by atoms with Crippen LogP contribution in [0.3, 0.4) is 0 Å². The van der Waals surface area contributed by atoms with Crippen molar-refractivity contribution in [3.63, 3.8) is 0 Å². The van der Waals surface area contributed by atoms with Gasteiger partial charge in [0.25, 0.3) is 5.91 Å². The van der Waals surface area contributed by atoms with E-state index in [-0.39, 0.29) is 10.6 Å². The van der Waals surface area contributed by atoms with E-state index in [4.69, 9.17) is 16.3 Å². The molecule has 0 aliphatic carbocycles. The molecule has 0 unspecified atom stereocenters. The van der Waals surface area contributed by atoms with Gasteiger partial charge in [0.2, 0.25) is 0 Å². The third kappa shape index (κ3) is 4.72. The molecule has 0 fully saturated rings. The van der Waals surface area contributed by atoms with Crippen molar-refractivity contribution in [2.75, 3.05) is 5.32 Å². The van der Waals surface area contributed by atoms with Gasteiger partial charge in [-0.2, -0.15) is 13.2 Å². The SMILES string of the molecule is C[C@@H](OC(=O)c1ccc(Cl)s1)C(=O)Nc1ccc(C(F)(F)F)cc1. The predicted octanol–water partition coefficient (Wildman–Crippen LogP) is 4.60. The van der Waals surface area contributed by atoms with Gasteiger partial charge in [-0.15, -0.1) is 11.3 Å². The lowest BCUT2D eigenvalue weighted by atomic mass is 10.2. The molecule has 9 heteroatoms. The highest BCUT2D eigenvalue weighted by Gasteiger charge is 2.30. The highest BCUT2D eigenvalue weighted by Crippen LogP contribution is 2.29. The van der Waals surface area contributed by atoms with Crippen molar-refractivity contribution in [2.45, 2.75) is 19.2 Å². The lowest BCUT2D eigenvalue weighted by molar-refractivity contribution is -0.137. The number of amides is 1. The lowest BCUT2D eigenvalue weighted by Crippen LogP contribution is -2.29. The molecule has 4 nitrogen and oxygen atoms in total. The summed E-state index contributed by atoms with van der Waals surface area (Å²) in [5.74, 6) is -1.37. The minimum Gasteiger partial charge on any atom is -0.448 e. The van der Waals surface area contributed by atoms with Gasteiger partial charge < -0.3 is 10.1 Å². The number of alkyl halides is 3. The van der Waals surface area contributed by atoms with Crippen LogP contribution in [0.1, 0.15) is 22.2 Å². The monoisotopic (exact) mass is 377 g/mol. The first-order chi connectivity index (χ1) is 11.2. The maximum absolute atomic E-state index is 12.5.